The minimum absolute atomic E-state index is 0.128. The van der Waals surface area contributed by atoms with Gasteiger partial charge in [-0.05, 0) is 37.1 Å². The first-order valence-electron chi connectivity index (χ1n) is 8.92. The Morgan fingerprint density at radius 3 is 2.65 bits per heavy atom. The summed E-state index contributed by atoms with van der Waals surface area (Å²) in [5.74, 6) is 3.31. The minimum atomic E-state index is 0.128. The van der Waals surface area contributed by atoms with Crippen molar-refractivity contribution in [1.82, 2.24) is 14.9 Å². The molecule has 138 valence electrons. The largest absolute Gasteiger partial charge is 0.497 e. The van der Waals surface area contributed by atoms with E-state index in [1.165, 1.54) is 0 Å². The normalized spacial score (nSPS) is 17.2. The number of hydrogen-bond acceptors (Lipinski definition) is 6. The van der Waals surface area contributed by atoms with Crippen LogP contribution in [-0.2, 0) is 11.4 Å². The number of nitrogens with zero attached hydrogens (tertiary/aromatic N) is 4. The summed E-state index contributed by atoms with van der Waals surface area (Å²) in [4.78, 5) is 12.9. The van der Waals surface area contributed by atoms with Gasteiger partial charge in [0.05, 0.1) is 13.7 Å². The van der Waals surface area contributed by atoms with Crippen molar-refractivity contribution < 1.29 is 14.3 Å². The van der Waals surface area contributed by atoms with Gasteiger partial charge in [-0.3, -0.25) is 4.79 Å². The van der Waals surface area contributed by atoms with E-state index in [0.29, 0.717) is 12.4 Å². The average molecular weight is 374 g/mol. The van der Waals surface area contributed by atoms with Crippen LogP contribution in [0.1, 0.15) is 31.5 Å². The highest BCUT2D eigenvalue weighted by Gasteiger charge is 2.33. The van der Waals surface area contributed by atoms with Gasteiger partial charge in [0.2, 0.25) is 11.1 Å². The van der Waals surface area contributed by atoms with E-state index < -0.39 is 0 Å². The highest BCUT2D eigenvalue weighted by molar-refractivity contribution is 7.99. The molecule has 2 aromatic rings. The van der Waals surface area contributed by atoms with Gasteiger partial charge >= 0.3 is 0 Å². The first-order valence-corrected chi connectivity index (χ1v) is 9.90. The molecule has 0 saturated heterocycles. The van der Waals surface area contributed by atoms with Crippen LogP contribution in [0.2, 0.25) is 0 Å². The SMILES string of the molecule is COc1ccc(OCc2nnc3n2N(C(=O)C2CCCC2)CCS3)cc1. The zero-order valence-electron chi connectivity index (χ0n) is 14.8. The second-order valence-electron chi connectivity index (χ2n) is 6.47. The van der Waals surface area contributed by atoms with Gasteiger partial charge in [-0.15, -0.1) is 10.2 Å². The summed E-state index contributed by atoms with van der Waals surface area (Å²) in [6, 6.07) is 7.39. The van der Waals surface area contributed by atoms with Crippen molar-refractivity contribution in [1.29, 1.82) is 0 Å². The van der Waals surface area contributed by atoms with Gasteiger partial charge in [0.15, 0.2) is 5.82 Å². The van der Waals surface area contributed by atoms with Crippen molar-refractivity contribution >= 4 is 17.7 Å². The van der Waals surface area contributed by atoms with Gasteiger partial charge in [-0.2, -0.15) is 0 Å². The first kappa shape index (κ1) is 17.2. The fourth-order valence-corrected chi connectivity index (χ4v) is 4.33. The molecule has 2 aliphatic rings. The van der Waals surface area contributed by atoms with Gasteiger partial charge in [0.1, 0.15) is 18.1 Å². The van der Waals surface area contributed by atoms with E-state index in [4.69, 9.17) is 9.47 Å². The number of carbonyl (C=O) groups excluding carboxylic acids is 1. The number of methoxy groups -OCH3 is 1. The number of thioether (sulfide) groups is 1. The number of benzene rings is 1. The highest BCUT2D eigenvalue weighted by atomic mass is 32.2. The van der Waals surface area contributed by atoms with Crippen molar-refractivity contribution in [2.45, 2.75) is 37.4 Å². The summed E-state index contributed by atoms with van der Waals surface area (Å²) in [5, 5.41) is 11.1. The van der Waals surface area contributed by atoms with E-state index in [1.54, 1.807) is 18.9 Å². The number of rotatable bonds is 5. The standard InChI is InChI=1S/C18H22N4O3S/c1-24-14-6-8-15(9-7-14)25-12-16-19-20-18-22(16)21(10-11-26-18)17(23)13-4-2-3-5-13/h6-9,13H,2-5,10-12H2,1H3. The van der Waals surface area contributed by atoms with Gasteiger partial charge in [-0.25, -0.2) is 9.69 Å². The lowest BCUT2D eigenvalue weighted by Gasteiger charge is -2.31. The molecule has 1 aliphatic carbocycles. The monoisotopic (exact) mass is 374 g/mol. The van der Waals surface area contributed by atoms with Crippen molar-refractivity contribution in [3.63, 3.8) is 0 Å². The average Bonchev–Trinajstić information content (AvgIpc) is 3.36. The lowest BCUT2D eigenvalue weighted by Crippen LogP contribution is -2.48. The number of hydrogen-bond donors (Lipinski definition) is 0. The van der Waals surface area contributed by atoms with Gasteiger partial charge < -0.3 is 9.47 Å². The van der Waals surface area contributed by atoms with E-state index in [0.717, 1.165) is 48.1 Å². The summed E-state index contributed by atoms with van der Waals surface area (Å²) in [7, 11) is 1.63. The molecule has 4 rings (SSSR count). The Hall–Kier alpha value is -2.22. The maximum Gasteiger partial charge on any atom is 0.244 e. The zero-order chi connectivity index (χ0) is 17.9. The van der Waals surface area contributed by atoms with Crippen LogP contribution in [0.3, 0.4) is 0 Å². The third-order valence-corrected chi connectivity index (χ3v) is 5.74. The highest BCUT2D eigenvalue weighted by Crippen LogP contribution is 2.29. The molecular weight excluding hydrogens is 352 g/mol. The van der Waals surface area contributed by atoms with Crippen LogP contribution in [0.15, 0.2) is 29.4 Å². The molecule has 1 amide bonds. The molecule has 1 saturated carbocycles. The Bertz CT molecular complexity index is 771. The molecule has 1 aromatic heterocycles. The summed E-state index contributed by atoms with van der Waals surface area (Å²) < 4.78 is 12.8. The fourth-order valence-electron chi connectivity index (χ4n) is 3.45. The third-order valence-electron chi connectivity index (χ3n) is 4.84. The molecule has 0 N–H and O–H groups in total. The predicted molar refractivity (Wildman–Crippen MR) is 98.1 cm³/mol. The van der Waals surface area contributed by atoms with Crippen LogP contribution in [-0.4, -0.2) is 40.2 Å². The minimum Gasteiger partial charge on any atom is -0.497 e. The molecule has 0 atom stereocenters. The molecule has 0 radical (unpaired) electrons. The summed E-state index contributed by atoms with van der Waals surface area (Å²) in [5.41, 5.74) is 0. The molecule has 0 bridgehead atoms. The van der Waals surface area contributed by atoms with Crippen molar-refractivity contribution in [3.05, 3.63) is 30.1 Å². The van der Waals surface area contributed by atoms with Crippen LogP contribution < -0.4 is 14.5 Å². The van der Waals surface area contributed by atoms with Gasteiger partial charge in [-0.1, -0.05) is 24.6 Å². The first-order chi connectivity index (χ1) is 12.8. The molecular formula is C18H22N4O3S. The zero-order valence-corrected chi connectivity index (χ0v) is 15.6. The van der Waals surface area contributed by atoms with Crippen LogP contribution in [0, 0.1) is 5.92 Å². The molecule has 8 heteroatoms. The molecule has 1 fully saturated rings. The van der Waals surface area contributed by atoms with E-state index in [9.17, 15) is 4.79 Å². The molecule has 2 heterocycles. The fraction of sp³-hybridized carbons (Fsp3) is 0.500. The lowest BCUT2D eigenvalue weighted by atomic mass is 10.1. The number of amides is 1. The number of carbonyl (C=O) groups is 1. The van der Waals surface area contributed by atoms with Crippen LogP contribution in [0.25, 0.3) is 0 Å². The second kappa shape index (κ2) is 7.57. The van der Waals surface area contributed by atoms with Crippen LogP contribution in [0.4, 0.5) is 0 Å². The quantitative estimate of drug-likeness (QED) is 0.801. The smallest absolute Gasteiger partial charge is 0.244 e. The third kappa shape index (κ3) is 3.38. The van der Waals surface area contributed by atoms with Crippen LogP contribution in [0.5, 0.6) is 11.5 Å². The molecule has 26 heavy (non-hydrogen) atoms. The molecule has 0 spiro atoms. The van der Waals surface area contributed by atoms with Gasteiger partial charge in [0, 0.05) is 11.7 Å². The van der Waals surface area contributed by atoms with E-state index >= 15 is 0 Å². The summed E-state index contributed by atoms with van der Waals surface area (Å²) in [6.07, 6.45) is 4.25. The summed E-state index contributed by atoms with van der Waals surface area (Å²) in [6.45, 7) is 0.939. The van der Waals surface area contributed by atoms with E-state index in [2.05, 4.69) is 10.2 Å². The molecule has 1 aliphatic heterocycles. The van der Waals surface area contributed by atoms with Crippen molar-refractivity contribution in [3.8, 4) is 11.5 Å². The molecule has 7 nitrogen and oxygen atoms in total. The Balaban J connectivity index is 1.51. The maximum atomic E-state index is 12.9. The van der Waals surface area contributed by atoms with Crippen LogP contribution >= 0.6 is 11.8 Å². The predicted octanol–water partition coefficient (Wildman–Crippen LogP) is 2.63. The Morgan fingerprint density at radius 2 is 1.92 bits per heavy atom. The number of aromatic nitrogens is 3. The maximum absolute atomic E-state index is 12.9. The van der Waals surface area contributed by atoms with E-state index in [1.807, 2.05) is 34.0 Å². The molecule has 1 aromatic carbocycles. The Kier molecular flexibility index (Phi) is 5.01. The van der Waals surface area contributed by atoms with E-state index in [-0.39, 0.29) is 18.4 Å². The van der Waals surface area contributed by atoms with Gasteiger partial charge in [0.25, 0.3) is 0 Å². The number of fused-ring (bicyclic) bond motifs is 1. The summed E-state index contributed by atoms with van der Waals surface area (Å²) >= 11 is 1.62. The Morgan fingerprint density at radius 1 is 1.19 bits per heavy atom. The molecule has 0 unspecified atom stereocenters. The lowest BCUT2D eigenvalue weighted by molar-refractivity contribution is -0.124. The van der Waals surface area contributed by atoms with Crippen molar-refractivity contribution in [2.24, 2.45) is 5.92 Å². The number of ether oxygens (including phenoxy) is 2. The topological polar surface area (TPSA) is 69.5 Å². The Labute approximate surface area is 156 Å². The van der Waals surface area contributed by atoms with Crippen molar-refractivity contribution in [2.75, 3.05) is 24.4 Å². The second-order valence-corrected chi connectivity index (χ2v) is 7.53.